The van der Waals surface area contributed by atoms with E-state index in [1.54, 1.807) is 0 Å². The van der Waals surface area contributed by atoms with Gasteiger partial charge in [0, 0.05) is 5.56 Å². The number of phenolic OH excluding ortho intramolecular Hbond substituents is 2. The summed E-state index contributed by atoms with van der Waals surface area (Å²) in [5.74, 6) is -0.504. The molecule has 1 heterocycles. The Bertz CT molecular complexity index is 907. The zero-order valence-electron chi connectivity index (χ0n) is 12.9. The molecule has 0 unspecified atom stereocenters. The van der Waals surface area contributed by atoms with Gasteiger partial charge in [0.1, 0.15) is 6.54 Å². The van der Waals surface area contributed by atoms with Crippen molar-refractivity contribution in [3.8, 4) is 22.9 Å². The standard InChI is InChI=1S/C16H14N6O3/c23-13-7-6-11(8-14(13)24)9-17-18-15(25)10-22-20-16(19-21-22)12-4-2-1-3-5-12/h1-9,23-24H,10H2,(H,18,25)/b17-9+. The average molecular weight is 338 g/mol. The van der Waals surface area contributed by atoms with Gasteiger partial charge in [0.2, 0.25) is 5.82 Å². The fourth-order valence-corrected chi connectivity index (χ4v) is 1.98. The number of nitrogens with one attached hydrogen (secondary N) is 1. The quantitative estimate of drug-likeness (QED) is 0.360. The highest BCUT2D eigenvalue weighted by Crippen LogP contribution is 2.23. The maximum Gasteiger partial charge on any atom is 0.263 e. The number of hydrazone groups is 1. The molecule has 0 atom stereocenters. The number of nitrogens with zero attached hydrogens (tertiary/aromatic N) is 5. The third-order valence-corrected chi connectivity index (χ3v) is 3.17. The summed E-state index contributed by atoms with van der Waals surface area (Å²) in [5.41, 5.74) is 3.64. The SMILES string of the molecule is O=C(Cn1nnc(-c2ccccc2)n1)N/N=C/c1ccc(O)c(O)c1. The van der Waals surface area contributed by atoms with Crippen molar-refractivity contribution in [3.63, 3.8) is 0 Å². The second kappa shape index (κ2) is 7.21. The van der Waals surface area contributed by atoms with E-state index in [0.717, 1.165) is 5.56 Å². The minimum atomic E-state index is -0.434. The van der Waals surface area contributed by atoms with Gasteiger partial charge in [0.25, 0.3) is 5.91 Å². The van der Waals surface area contributed by atoms with Crippen LogP contribution in [0.25, 0.3) is 11.4 Å². The van der Waals surface area contributed by atoms with Gasteiger partial charge in [0.05, 0.1) is 6.21 Å². The van der Waals surface area contributed by atoms with Gasteiger partial charge in [-0.1, -0.05) is 30.3 Å². The molecule has 0 spiro atoms. The molecule has 0 bridgehead atoms. The summed E-state index contributed by atoms with van der Waals surface area (Å²) < 4.78 is 0. The summed E-state index contributed by atoms with van der Waals surface area (Å²) >= 11 is 0. The lowest BCUT2D eigenvalue weighted by molar-refractivity contribution is -0.122. The summed E-state index contributed by atoms with van der Waals surface area (Å²) in [7, 11) is 0. The Morgan fingerprint density at radius 2 is 1.96 bits per heavy atom. The van der Waals surface area contributed by atoms with Gasteiger partial charge in [-0.3, -0.25) is 4.79 Å². The number of tetrazole rings is 1. The first kappa shape index (κ1) is 16.1. The molecule has 25 heavy (non-hydrogen) atoms. The van der Waals surface area contributed by atoms with Gasteiger partial charge >= 0.3 is 0 Å². The van der Waals surface area contributed by atoms with Crippen molar-refractivity contribution in [2.45, 2.75) is 6.54 Å². The maximum absolute atomic E-state index is 11.8. The monoisotopic (exact) mass is 338 g/mol. The van der Waals surface area contributed by atoms with Crippen molar-refractivity contribution in [1.82, 2.24) is 25.6 Å². The van der Waals surface area contributed by atoms with Crippen LogP contribution in [0.15, 0.2) is 53.6 Å². The molecular formula is C16H14N6O3. The first-order valence-corrected chi connectivity index (χ1v) is 7.29. The third-order valence-electron chi connectivity index (χ3n) is 3.17. The molecule has 3 N–H and O–H groups in total. The molecule has 0 radical (unpaired) electrons. The number of hydrogen-bond donors (Lipinski definition) is 3. The molecule has 0 aliphatic carbocycles. The third kappa shape index (κ3) is 4.16. The Labute approximate surface area is 142 Å². The van der Waals surface area contributed by atoms with Crippen LogP contribution in [-0.2, 0) is 11.3 Å². The summed E-state index contributed by atoms with van der Waals surface area (Å²) in [6.07, 6.45) is 1.33. The molecule has 9 nitrogen and oxygen atoms in total. The molecule has 2 aromatic carbocycles. The van der Waals surface area contributed by atoms with Crippen molar-refractivity contribution < 1.29 is 15.0 Å². The zero-order valence-corrected chi connectivity index (χ0v) is 12.9. The van der Waals surface area contributed by atoms with E-state index in [-0.39, 0.29) is 18.0 Å². The van der Waals surface area contributed by atoms with Crippen molar-refractivity contribution >= 4 is 12.1 Å². The van der Waals surface area contributed by atoms with Crippen molar-refractivity contribution in [3.05, 3.63) is 54.1 Å². The number of aromatic nitrogens is 4. The van der Waals surface area contributed by atoms with E-state index in [1.807, 2.05) is 30.3 Å². The maximum atomic E-state index is 11.8. The van der Waals surface area contributed by atoms with Gasteiger partial charge < -0.3 is 10.2 Å². The lowest BCUT2D eigenvalue weighted by Crippen LogP contribution is -2.24. The van der Waals surface area contributed by atoms with Crippen LogP contribution in [0.5, 0.6) is 11.5 Å². The van der Waals surface area contributed by atoms with E-state index in [2.05, 4.69) is 25.9 Å². The van der Waals surface area contributed by atoms with Gasteiger partial charge in [-0.05, 0) is 29.0 Å². The van der Waals surface area contributed by atoms with Crippen LogP contribution in [0, 0.1) is 0 Å². The van der Waals surface area contributed by atoms with Gasteiger partial charge in [0.15, 0.2) is 11.5 Å². The molecule has 0 aliphatic heterocycles. The molecule has 0 saturated carbocycles. The summed E-state index contributed by atoms with van der Waals surface area (Å²) in [4.78, 5) is 13.0. The summed E-state index contributed by atoms with van der Waals surface area (Å²) in [5, 5.41) is 34.2. The molecule has 0 saturated heterocycles. The second-order valence-corrected chi connectivity index (χ2v) is 5.05. The normalized spacial score (nSPS) is 10.9. The number of rotatable bonds is 5. The predicted octanol–water partition coefficient (Wildman–Crippen LogP) is 0.902. The number of carbonyl (C=O) groups is 1. The highest BCUT2D eigenvalue weighted by Gasteiger charge is 2.08. The van der Waals surface area contributed by atoms with E-state index in [1.165, 1.54) is 29.2 Å². The Hall–Kier alpha value is -3.75. The van der Waals surface area contributed by atoms with Crippen LogP contribution < -0.4 is 5.43 Å². The fourth-order valence-electron chi connectivity index (χ4n) is 1.98. The Morgan fingerprint density at radius 1 is 1.16 bits per heavy atom. The largest absolute Gasteiger partial charge is 0.504 e. The highest BCUT2D eigenvalue weighted by molar-refractivity contribution is 5.83. The van der Waals surface area contributed by atoms with Crippen LogP contribution in [0.4, 0.5) is 0 Å². The van der Waals surface area contributed by atoms with Crippen LogP contribution >= 0.6 is 0 Å². The lowest BCUT2D eigenvalue weighted by Gasteiger charge is -1.99. The number of phenols is 2. The minimum Gasteiger partial charge on any atom is -0.504 e. The average Bonchev–Trinajstić information content (AvgIpc) is 3.07. The molecule has 126 valence electrons. The summed E-state index contributed by atoms with van der Waals surface area (Å²) in [6, 6.07) is 13.5. The number of benzene rings is 2. The first-order chi connectivity index (χ1) is 12.1. The Morgan fingerprint density at radius 3 is 2.72 bits per heavy atom. The van der Waals surface area contributed by atoms with Gasteiger partial charge in [-0.15, -0.1) is 10.2 Å². The highest BCUT2D eigenvalue weighted by atomic mass is 16.3. The van der Waals surface area contributed by atoms with Crippen LogP contribution in [-0.4, -0.2) is 42.5 Å². The molecule has 3 rings (SSSR count). The fraction of sp³-hybridized carbons (Fsp3) is 0.0625. The van der Waals surface area contributed by atoms with Crippen molar-refractivity contribution in [1.29, 1.82) is 0 Å². The van der Waals surface area contributed by atoms with Gasteiger partial charge in [-0.2, -0.15) is 9.90 Å². The molecule has 3 aromatic rings. The number of aromatic hydroxyl groups is 2. The number of carbonyl (C=O) groups excluding carboxylic acids is 1. The van der Waals surface area contributed by atoms with E-state index in [9.17, 15) is 15.0 Å². The minimum absolute atomic E-state index is 0.141. The predicted molar refractivity (Wildman–Crippen MR) is 88.8 cm³/mol. The van der Waals surface area contributed by atoms with Crippen molar-refractivity contribution in [2.75, 3.05) is 0 Å². The second-order valence-electron chi connectivity index (χ2n) is 5.05. The van der Waals surface area contributed by atoms with Crippen LogP contribution in [0.2, 0.25) is 0 Å². The smallest absolute Gasteiger partial charge is 0.263 e. The molecule has 1 amide bonds. The topological polar surface area (TPSA) is 126 Å². The number of amides is 1. The van der Waals surface area contributed by atoms with Gasteiger partial charge in [-0.25, -0.2) is 5.43 Å². The first-order valence-electron chi connectivity index (χ1n) is 7.29. The molecule has 1 aromatic heterocycles. The Kier molecular flexibility index (Phi) is 4.65. The zero-order chi connectivity index (χ0) is 17.6. The van der Waals surface area contributed by atoms with Crippen LogP contribution in [0.1, 0.15) is 5.56 Å². The van der Waals surface area contributed by atoms with Crippen LogP contribution in [0.3, 0.4) is 0 Å². The lowest BCUT2D eigenvalue weighted by atomic mass is 10.2. The van der Waals surface area contributed by atoms with E-state index >= 15 is 0 Å². The van der Waals surface area contributed by atoms with E-state index < -0.39 is 5.91 Å². The van der Waals surface area contributed by atoms with Crippen molar-refractivity contribution in [2.24, 2.45) is 5.10 Å². The van der Waals surface area contributed by atoms with E-state index in [4.69, 9.17) is 0 Å². The molecular weight excluding hydrogens is 324 g/mol. The molecule has 9 heteroatoms. The molecule has 0 aliphatic rings. The summed E-state index contributed by atoms with van der Waals surface area (Å²) in [6.45, 7) is -0.141. The molecule has 0 fully saturated rings. The Balaban J connectivity index is 1.57. The number of hydrogen-bond acceptors (Lipinski definition) is 7. The van der Waals surface area contributed by atoms with E-state index in [0.29, 0.717) is 11.4 Å².